The highest BCUT2D eigenvalue weighted by molar-refractivity contribution is 5.75. The smallest absolute Gasteiger partial charge is 0.237 e. The van der Waals surface area contributed by atoms with Crippen LogP contribution in [0.1, 0.15) is 89.7 Å². The second-order valence-electron chi connectivity index (χ2n) is 8.69. The Morgan fingerprint density at radius 2 is 1.68 bits per heavy atom. The lowest BCUT2D eigenvalue weighted by Gasteiger charge is -2.30. The molecule has 6 heteroatoms. The zero-order valence-electron chi connectivity index (χ0n) is 19.9. The van der Waals surface area contributed by atoms with Gasteiger partial charge in [-0.2, -0.15) is 0 Å². The van der Waals surface area contributed by atoms with E-state index in [1.54, 1.807) is 0 Å². The number of rotatable bonds is 9. The highest BCUT2D eigenvalue weighted by Crippen LogP contribution is 2.35. The van der Waals surface area contributed by atoms with Gasteiger partial charge in [-0.3, -0.25) is 0 Å². The minimum absolute atomic E-state index is 0.131. The van der Waals surface area contributed by atoms with Crippen LogP contribution in [0.25, 0.3) is 11.3 Å². The molecule has 1 fully saturated rings. The second kappa shape index (κ2) is 10.9. The average Bonchev–Trinajstić information content (AvgIpc) is 2.82. The molecule has 1 saturated heterocycles. The molecule has 3 rings (SSSR count). The third kappa shape index (κ3) is 5.35. The number of aryl methyl sites for hydroxylation is 1. The molecule has 0 aromatic carbocycles. The average molecular weight is 426 g/mol. The van der Waals surface area contributed by atoms with Crippen molar-refractivity contribution in [1.29, 1.82) is 0 Å². The monoisotopic (exact) mass is 425 g/mol. The van der Waals surface area contributed by atoms with Crippen molar-refractivity contribution < 1.29 is 4.74 Å². The molecule has 2 N–H and O–H groups in total. The van der Waals surface area contributed by atoms with Gasteiger partial charge in [0.1, 0.15) is 11.5 Å². The molecule has 1 aliphatic heterocycles. The summed E-state index contributed by atoms with van der Waals surface area (Å²) in [6.45, 7) is 13.1. The maximum atomic E-state index is 6.19. The van der Waals surface area contributed by atoms with Crippen molar-refractivity contribution in [2.75, 3.05) is 18.0 Å². The van der Waals surface area contributed by atoms with Gasteiger partial charge in [-0.1, -0.05) is 34.6 Å². The summed E-state index contributed by atoms with van der Waals surface area (Å²) in [7, 11) is 0. The number of nitrogens with two attached hydrogens (primary N) is 1. The zero-order chi connectivity index (χ0) is 22.4. The molecule has 0 radical (unpaired) electrons. The van der Waals surface area contributed by atoms with Crippen LogP contribution in [0.2, 0.25) is 0 Å². The Hall–Kier alpha value is -2.21. The van der Waals surface area contributed by atoms with Crippen molar-refractivity contribution in [1.82, 2.24) is 15.0 Å². The van der Waals surface area contributed by atoms with E-state index in [4.69, 9.17) is 25.4 Å². The van der Waals surface area contributed by atoms with Crippen LogP contribution < -0.4 is 15.4 Å². The molecule has 2 aromatic heterocycles. The van der Waals surface area contributed by atoms with Crippen LogP contribution in [0.15, 0.2) is 12.1 Å². The van der Waals surface area contributed by atoms with Gasteiger partial charge in [0.05, 0.1) is 17.5 Å². The van der Waals surface area contributed by atoms with Crippen LogP contribution in [0.3, 0.4) is 0 Å². The SMILES string of the molecule is CCc1nc(OC(CC)CC)c(CN)nc1-c1ccc(C(C)C)nc1N1CCCCC1. The fraction of sp³-hybridized carbons (Fsp3) is 0.640. The minimum atomic E-state index is 0.131. The third-order valence-electron chi connectivity index (χ3n) is 6.12. The first-order valence-corrected chi connectivity index (χ1v) is 12.0. The molecule has 0 atom stereocenters. The number of hydrogen-bond donors (Lipinski definition) is 1. The Morgan fingerprint density at radius 1 is 0.968 bits per heavy atom. The van der Waals surface area contributed by atoms with Crippen molar-refractivity contribution in [3.05, 3.63) is 29.2 Å². The van der Waals surface area contributed by atoms with Gasteiger partial charge in [0.15, 0.2) is 0 Å². The highest BCUT2D eigenvalue weighted by Gasteiger charge is 2.23. The van der Waals surface area contributed by atoms with E-state index in [9.17, 15) is 0 Å². The van der Waals surface area contributed by atoms with E-state index in [1.165, 1.54) is 19.3 Å². The van der Waals surface area contributed by atoms with E-state index >= 15 is 0 Å². The lowest BCUT2D eigenvalue weighted by molar-refractivity contribution is 0.181. The number of anilines is 1. The summed E-state index contributed by atoms with van der Waals surface area (Å²) in [5, 5.41) is 0. The minimum Gasteiger partial charge on any atom is -0.473 e. The summed E-state index contributed by atoms with van der Waals surface area (Å²) in [6.07, 6.45) is 6.47. The van der Waals surface area contributed by atoms with E-state index in [0.717, 1.165) is 66.5 Å². The molecule has 0 unspecified atom stereocenters. The third-order valence-corrected chi connectivity index (χ3v) is 6.12. The van der Waals surface area contributed by atoms with E-state index < -0.39 is 0 Å². The maximum Gasteiger partial charge on any atom is 0.237 e. The summed E-state index contributed by atoms with van der Waals surface area (Å²) in [5.41, 5.74) is 10.8. The Balaban J connectivity index is 2.12. The molecule has 31 heavy (non-hydrogen) atoms. The number of nitrogens with zero attached hydrogens (tertiary/aromatic N) is 4. The normalized spacial score (nSPS) is 14.5. The van der Waals surface area contributed by atoms with Crippen LogP contribution in [0.5, 0.6) is 5.88 Å². The lowest BCUT2D eigenvalue weighted by atomic mass is 10.0. The van der Waals surface area contributed by atoms with E-state index in [1.807, 2.05) is 0 Å². The number of hydrogen-bond acceptors (Lipinski definition) is 6. The highest BCUT2D eigenvalue weighted by atomic mass is 16.5. The fourth-order valence-electron chi connectivity index (χ4n) is 4.11. The lowest BCUT2D eigenvalue weighted by Crippen LogP contribution is -2.31. The Kier molecular flexibility index (Phi) is 8.24. The molecule has 6 nitrogen and oxygen atoms in total. The molecule has 0 saturated carbocycles. The number of piperidine rings is 1. The maximum absolute atomic E-state index is 6.19. The largest absolute Gasteiger partial charge is 0.473 e. The molecular weight excluding hydrogens is 386 g/mol. The first-order valence-electron chi connectivity index (χ1n) is 12.0. The van der Waals surface area contributed by atoms with Crippen molar-refractivity contribution in [3.63, 3.8) is 0 Å². The second-order valence-corrected chi connectivity index (χ2v) is 8.69. The molecule has 0 amide bonds. The molecule has 2 aromatic rings. The summed E-state index contributed by atoms with van der Waals surface area (Å²) < 4.78 is 6.19. The van der Waals surface area contributed by atoms with Crippen LogP contribution >= 0.6 is 0 Å². The van der Waals surface area contributed by atoms with E-state index in [2.05, 4.69) is 51.7 Å². The Labute approximate surface area is 187 Å². The number of pyridine rings is 1. The molecule has 170 valence electrons. The fourth-order valence-corrected chi connectivity index (χ4v) is 4.11. The number of ether oxygens (including phenoxy) is 1. The van der Waals surface area contributed by atoms with Gasteiger partial charge in [-0.15, -0.1) is 0 Å². The van der Waals surface area contributed by atoms with E-state index in [-0.39, 0.29) is 6.10 Å². The molecular formula is C25H39N5O. The molecule has 0 spiro atoms. The Bertz CT molecular complexity index is 857. The first-order chi connectivity index (χ1) is 15.0. The zero-order valence-corrected chi connectivity index (χ0v) is 19.9. The van der Waals surface area contributed by atoms with Gasteiger partial charge in [-0.05, 0) is 56.6 Å². The van der Waals surface area contributed by atoms with Crippen molar-refractivity contribution >= 4 is 5.82 Å². The standard InChI is InChI=1S/C25H39N5O/c1-6-18(7-2)31-25-22(16-26)27-23(20(8-3)29-25)19-12-13-21(17(4)5)28-24(19)30-14-10-9-11-15-30/h12-13,17-18H,6-11,14-16,26H2,1-5H3. The summed E-state index contributed by atoms with van der Waals surface area (Å²) in [4.78, 5) is 17.4. The quantitative estimate of drug-likeness (QED) is 0.592. The van der Waals surface area contributed by atoms with Crippen molar-refractivity contribution in [3.8, 4) is 17.1 Å². The van der Waals surface area contributed by atoms with Crippen molar-refractivity contribution in [2.24, 2.45) is 5.73 Å². The molecule has 0 bridgehead atoms. The van der Waals surface area contributed by atoms with Crippen LogP contribution in [-0.2, 0) is 13.0 Å². The summed E-state index contributed by atoms with van der Waals surface area (Å²) in [6, 6.07) is 4.31. The summed E-state index contributed by atoms with van der Waals surface area (Å²) >= 11 is 0. The van der Waals surface area contributed by atoms with Gasteiger partial charge in [0.25, 0.3) is 0 Å². The predicted octanol–water partition coefficient (Wildman–Crippen LogP) is 5.24. The van der Waals surface area contributed by atoms with Gasteiger partial charge in [0.2, 0.25) is 5.88 Å². The van der Waals surface area contributed by atoms with Gasteiger partial charge < -0.3 is 15.4 Å². The molecule has 1 aliphatic rings. The Morgan fingerprint density at radius 3 is 2.26 bits per heavy atom. The van der Waals surface area contributed by atoms with Gasteiger partial charge in [0, 0.05) is 30.9 Å². The molecule has 3 heterocycles. The van der Waals surface area contributed by atoms with Crippen LogP contribution in [-0.4, -0.2) is 34.1 Å². The van der Waals surface area contributed by atoms with Gasteiger partial charge >= 0.3 is 0 Å². The topological polar surface area (TPSA) is 77.2 Å². The number of aromatic nitrogens is 3. The van der Waals surface area contributed by atoms with Gasteiger partial charge in [-0.25, -0.2) is 15.0 Å². The molecule has 0 aliphatic carbocycles. The first kappa shape index (κ1) is 23.5. The van der Waals surface area contributed by atoms with Crippen LogP contribution in [0.4, 0.5) is 5.82 Å². The van der Waals surface area contributed by atoms with E-state index in [0.29, 0.717) is 18.3 Å². The predicted molar refractivity (Wildman–Crippen MR) is 128 cm³/mol. The van der Waals surface area contributed by atoms with Crippen LogP contribution in [0, 0.1) is 0 Å². The summed E-state index contributed by atoms with van der Waals surface area (Å²) in [5.74, 6) is 2.00. The van der Waals surface area contributed by atoms with Crippen molar-refractivity contribution in [2.45, 2.75) is 91.7 Å².